The van der Waals surface area contributed by atoms with Crippen LogP contribution in [0.2, 0.25) is 0 Å². The number of nitrogens with zero attached hydrogens (tertiary/aromatic N) is 2. The van der Waals surface area contributed by atoms with Crippen molar-refractivity contribution in [1.82, 2.24) is 9.29 Å². The molecule has 0 bridgehead atoms. The number of alkyl halides is 3. The second kappa shape index (κ2) is 6.31. The van der Waals surface area contributed by atoms with Crippen LogP contribution in [0.4, 0.5) is 17.6 Å². The molecule has 29 heavy (non-hydrogen) atoms. The molecule has 4 rings (SSSR count). The van der Waals surface area contributed by atoms with Crippen LogP contribution in [0.3, 0.4) is 0 Å². The molecule has 11 heteroatoms. The van der Waals surface area contributed by atoms with Gasteiger partial charge in [-0.05, 0) is 23.8 Å². The molecule has 0 radical (unpaired) electrons. The lowest BCUT2D eigenvalue weighted by molar-refractivity contribution is -0.141. The lowest BCUT2D eigenvalue weighted by atomic mass is 9.65. The fourth-order valence-corrected chi connectivity index (χ4v) is 6.30. The highest BCUT2D eigenvalue weighted by molar-refractivity contribution is 7.89. The largest absolute Gasteiger partial charge is 0.433 e. The number of benzene rings is 1. The first-order valence-corrected chi connectivity index (χ1v) is 9.97. The van der Waals surface area contributed by atoms with Crippen LogP contribution in [0, 0.1) is 5.82 Å². The van der Waals surface area contributed by atoms with Crippen molar-refractivity contribution in [2.45, 2.75) is 35.0 Å². The summed E-state index contributed by atoms with van der Waals surface area (Å²) < 4.78 is 79.8. The summed E-state index contributed by atoms with van der Waals surface area (Å²) in [6, 6.07) is 4.49. The monoisotopic (exact) mass is 430 g/mol. The molecule has 1 aliphatic carbocycles. The van der Waals surface area contributed by atoms with Crippen LogP contribution in [0.25, 0.3) is 0 Å². The predicted molar refractivity (Wildman–Crippen MR) is 90.6 cm³/mol. The van der Waals surface area contributed by atoms with Gasteiger partial charge in [-0.25, -0.2) is 12.8 Å². The minimum atomic E-state index is -4.73. The minimum Gasteiger partial charge on any atom is -0.396 e. The van der Waals surface area contributed by atoms with E-state index in [9.17, 15) is 35.9 Å². The number of pyridine rings is 1. The number of hydrogen-bond donors (Lipinski definition) is 1. The molecular weight excluding hydrogens is 416 g/mol. The van der Waals surface area contributed by atoms with Gasteiger partial charge < -0.3 is 9.90 Å². The number of rotatable bonds is 5. The van der Waals surface area contributed by atoms with E-state index in [4.69, 9.17) is 0 Å². The first-order valence-electron chi connectivity index (χ1n) is 8.53. The summed E-state index contributed by atoms with van der Waals surface area (Å²) in [6.45, 7) is -0.483. The molecule has 1 N–H and O–H groups in total. The van der Waals surface area contributed by atoms with Gasteiger partial charge in [0.15, 0.2) is 0 Å². The van der Waals surface area contributed by atoms with Crippen LogP contribution in [0.5, 0.6) is 0 Å². The summed E-state index contributed by atoms with van der Waals surface area (Å²) in [7, 11) is -4.40. The van der Waals surface area contributed by atoms with Gasteiger partial charge in [0.05, 0.1) is 18.2 Å². The van der Waals surface area contributed by atoms with Crippen molar-refractivity contribution in [2.75, 3.05) is 6.61 Å². The van der Waals surface area contributed by atoms with Gasteiger partial charge in [-0.3, -0.25) is 4.98 Å². The van der Waals surface area contributed by atoms with Gasteiger partial charge in [-0.2, -0.15) is 17.5 Å². The maximum absolute atomic E-state index is 14.5. The van der Waals surface area contributed by atoms with E-state index >= 15 is 0 Å². The van der Waals surface area contributed by atoms with Crippen molar-refractivity contribution >= 4 is 16.3 Å². The molecule has 1 aliphatic heterocycles. The summed E-state index contributed by atoms with van der Waals surface area (Å²) in [6.07, 6.45) is -3.92. The van der Waals surface area contributed by atoms with E-state index in [0.29, 0.717) is 24.1 Å². The standard InChI is InChI=1S/C18H14F4N2O4S/c19-13-3-1-2-11-12(9-26)17(16(11)13)15(6-7-25)24(17)29(27,28)10-4-5-14(23-8-10)18(20,21)22/h1-5,7-8,12,15,26H,6,9H2. The third-order valence-electron chi connectivity index (χ3n) is 5.53. The number of fused-ring (bicyclic) bond motifs is 2. The quantitative estimate of drug-likeness (QED) is 0.447. The molecule has 0 saturated carbocycles. The Morgan fingerprint density at radius 2 is 1.97 bits per heavy atom. The molecule has 1 spiro atoms. The molecule has 2 aromatic rings. The molecule has 1 fully saturated rings. The van der Waals surface area contributed by atoms with Gasteiger partial charge in [0, 0.05) is 24.1 Å². The number of halogens is 4. The van der Waals surface area contributed by atoms with Crippen LogP contribution in [0.1, 0.15) is 29.2 Å². The van der Waals surface area contributed by atoms with Crippen LogP contribution in [-0.2, 0) is 26.5 Å². The minimum absolute atomic E-state index is 0.0781. The average molecular weight is 430 g/mol. The zero-order valence-electron chi connectivity index (χ0n) is 14.6. The second-order valence-corrected chi connectivity index (χ2v) is 8.68. The fourth-order valence-electron chi connectivity index (χ4n) is 4.37. The Balaban J connectivity index is 1.80. The Hall–Kier alpha value is -2.37. The number of carbonyl (C=O) groups excluding carboxylic acids is 1. The predicted octanol–water partition coefficient (Wildman–Crippen LogP) is 2.19. The molecule has 0 amide bonds. The van der Waals surface area contributed by atoms with Crippen LogP contribution < -0.4 is 0 Å². The molecule has 1 aromatic heterocycles. The molecule has 1 aromatic carbocycles. The zero-order valence-corrected chi connectivity index (χ0v) is 15.4. The topological polar surface area (TPSA) is 87.3 Å². The number of aldehydes is 1. The summed E-state index contributed by atoms with van der Waals surface area (Å²) >= 11 is 0. The number of aliphatic hydroxyl groups is 1. The molecular formula is C18H14F4N2O4S. The van der Waals surface area contributed by atoms with E-state index in [-0.39, 0.29) is 12.0 Å². The van der Waals surface area contributed by atoms with Crippen molar-refractivity contribution in [3.05, 3.63) is 59.2 Å². The van der Waals surface area contributed by atoms with Gasteiger partial charge in [0.1, 0.15) is 22.7 Å². The fraction of sp³-hybridized carbons (Fsp3) is 0.333. The molecule has 1 saturated heterocycles. The molecule has 154 valence electrons. The van der Waals surface area contributed by atoms with Crippen molar-refractivity contribution in [3.8, 4) is 0 Å². The highest BCUT2D eigenvalue weighted by Crippen LogP contribution is 2.69. The van der Waals surface area contributed by atoms with Crippen LogP contribution >= 0.6 is 0 Å². The SMILES string of the molecule is O=CCC1N(S(=O)(=O)c2ccc(C(F)(F)F)nc2)C12c1c(F)cccc1C2CO. The molecule has 2 heterocycles. The highest BCUT2D eigenvalue weighted by Gasteiger charge is 2.78. The van der Waals surface area contributed by atoms with Gasteiger partial charge in [0.2, 0.25) is 10.0 Å². The molecule has 4 atom stereocenters. The van der Waals surface area contributed by atoms with E-state index in [1.54, 1.807) is 6.07 Å². The normalized spacial score (nSPS) is 28.0. The Bertz CT molecular complexity index is 1090. The summed E-state index contributed by atoms with van der Waals surface area (Å²) in [5, 5.41) is 9.80. The third-order valence-corrected chi connectivity index (χ3v) is 7.44. The lowest BCUT2D eigenvalue weighted by Crippen LogP contribution is -2.41. The van der Waals surface area contributed by atoms with Crippen molar-refractivity contribution in [2.24, 2.45) is 0 Å². The zero-order chi connectivity index (χ0) is 21.2. The highest BCUT2D eigenvalue weighted by atomic mass is 32.2. The van der Waals surface area contributed by atoms with E-state index in [2.05, 4.69) is 4.98 Å². The Kier molecular flexibility index (Phi) is 4.34. The first kappa shape index (κ1) is 19.9. The van der Waals surface area contributed by atoms with Gasteiger partial charge in [-0.15, -0.1) is 0 Å². The van der Waals surface area contributed by atoms with E-state index in [1.165, 1.54) is 6.07 Å². The average Bonchev–Trinajstić information content (AvgIpc) is 3.33. The third kappa shape index (κ3) is 2.57. The van der Waals surface area contributed by atoms with Crippen molar-refractivity contribution in [3.63, 3.8) is 0 Å². The number of carbonyl (C=O) groups is 1. The summed E-state index contributed by atoms with van der Waals surface area (Å²) in [5.41, 5.74) is -2.19. The van der Waals surface area contributed by atoms with Crippen LogP contribution in [0.15, 0.2) is 41.4 Å². The number of aromatic nitrogens is 1. The van der Waals surface area contributed by atoms with Gasteiger partial charge in [-0.1, -0.05) is 12.1 Å². The maximum atomic E-state index is 14.5. The van der Waals surface area contributed by atoms with Crippen LogP contribution in [-0.4, -0.2) is 41.7 Å². The van der Waals surface area contributed by atoms with Gasteiger partial charge >= 0.3 is 6.18 Å². The summed E-state index contributed by atoms with van der Waals surface area (Å²) in [4.78, 5) is 13.8. The van der Waals surface area contributed by atoms with Gasteiger partial charge in [0.25, 0.3) is 0 Å². The molecule has 6 nitrogen and oxygen atoms in total. The van der Waals surface area contributed by atoms with E-state index < -0.39 is 56.7 Å². The first-order chi connectivity index (χ1) is 13.6. The Morgan fingerprint density at radius 1 is 1.24 bits per heavy atom. The molecule has 4 unspecified atom stereocenters. The Labute approximate surface area is 162 Å². The molecule has 2 aliphatic rings. The number of aliphatic hydroxyl groups excluding tert-OH is 1. The maximum Gasteiger partial charge on any atom is 0.433 e. The smallest absolute Gasteiger partial charge is 0.396 e. The van der Waals surface area contributed by atoms with E-state index in [0.717, 1.165) is 16.4 Å². The Morgan fingerprint density at radius 3 is 2.52 bits per heavy atom. The van der Waals surface area contributed by atoms with Crippen molar-refractivity contribution in [1.29, 1.82) is 0 Å². The van der Waals surface area contributed by atoms with Crippen molar-refractivity contribution < 1.29 is 35.9 Å². The lowest BCUT2D eigenvalue weighted by Gasteiger charge is -2.40. The second-order valence-electron chi connectivity index (χ2n) is 6.86. The number of sulfonamides is 1. The number of hydrogen-bond acceptors (Lipinski definition) is 5. The van der Waals surface area contributed by atoms with E-state index in [1.807, 2.05) is 0 Å². The summed E-state index contributed by atoms with van der Waals surface area (Å²) in [5.74, 6) is -1.43.